The highest BCUT2D eigenvalue weighted by Crippen LogP contribution is 2.43. The van der Waals surface area contributed by atoms with Crippen molar-refractivity contribution in [2.45, 2.75) is 78.7 Å². The molecule has 0 fully saturated rings. The van der Waals surface area contributed by atoms with Crippen molar-refractivity contribution in [3.8, 4) is 11.5 Å². The zero-order chi connectivity index (χ0) is 39.4. The molecular weight excluding hydrogens is 808 g/mol. The number of H-pyrrole nitrogens is 2. The minimum Gasteiger partial charge on any atom is -0.482 e. The van der Waals surface area contributed by atoms with Crippen LogP contribution in [0.4, 0.5) is 0 Å². The second kappa shape index (κ2) is 16.5. The first-order chi connectivity index (χ1) is 24.8. The van der Waals surface area contributed by atoms with Gasteiger partial charge in [0.15, 0.2) is 0 Å². The Kier molecular flexibility index (Phi) is 12.8. The number of aryl methyl sites for hydroxylation is 4. The number of carbonyl (C=O) groups is 2. The lowest BCUT2D eigenvalue weighted by molar-refractivity contribution is 0.0696. The predicted molar refractivity (Wildman–Crippen MR) is 213 cm³/mol. The van der Waals surface area contributed by atoms with Crippen LogP contribution in [0.1, 0.15) is 79.3 Å². The van der Waals surface area contributed by atoms with E-state index in [-0.39, 0.29) is 29.1 Å². The standard InChI is InChI=1S/C20H21BrN2O3.C12H11BrO3.C8H12N2O/c1-5-20(4)9-14-7-13(8-16(21)17(14)26-20)18(24)22-10-15-11(2)6-12(3)23-19(15)25;1-3-12(2)6-8-4-7(11(14)15)5-9(13)10(8)16-12;1-5-3-6(2)10-8(11)7(5)4-9/h5-8H,1,9-10H2,2-4H3,(H,22,24)(H,23,25);3-5H,1,6H2,2H3,(H,14,15);3H,4,9H2,1-2H3,(H,10,11). The number of hydrogen-bond donors (Lipinski definition) is 5. The number of aromatic amines is 2. The van der Waals surface area contributed by atoms with E-state index in [0.29, 0.717) is 46.3 Å². The van der Waals surface area contributed by atoms with E-state index in [1.54, 1.807) is 30.4 Å². The first-order valence-electron chi connectivity index (χ1n) is 16.7. The molecule has 6 rings (SSSR count). The van der Waals surface area contributed by atoms with Crippen LogP contribution in [0.2, 0.25) is 0 Å². The fraction of sp³-hybridized carbons (Fsp3) is 0.300. The van der Waals surface area contributed by atoms with E-state index >= 15 is 0 Å². The van der Waals surface area contributed by atoms with Gasteiger partial charge in [-0.3, -0.25) is 14.4 Å². The molecule has 6 N–H and O–H groups in total. The number of aromatic nitrogens is 2. The number of rotatable bonds is 7. The van der Waals surface area contributed by atoms with Crippen LogP contribution in [0.25, 0.3) is 0 Å². The summed E-state index contributed by atoms with van der Waals surface area (Å²) in [4.78, 5) is 52.2. The van der Waals surface area contributed by atoms with Crippen LogP contribution in [0, 0.1) is 27.7 Å². The normalized spacial score (nSPS) is 17.8. The number of amides is 1. The zero-order valence-corrected chi connectivity index (χ0v) is 33.8. The maximum absolute atomic E-state index is 12.6. The van der Waals surface area contributed by atoms with Gasteiger partial charge in [0.25, 0.3) is 17.0 Å². The van der Waals surface area contributed by atoms with Crippen molar-refractivity contribution in [2.75, 3.05) is 0 Å². The molecule has 11 nitrogen and oxygen atoms in total. The third-order valence-corrected chi connectivity index (χ3v) is 10.2. The minimum atomic E-state index is -0.935. The average Bonchev–Trinajstić information content (AvgIpc) is 3.62. The summed E-state index contributed by atoms with van der Waals surface area (Å²) in [5.41, 5.74) is 11.6. The predicted octanol–water partition coefficient (Wildman–Crippen LogP) is 7.04. The second-order valence-electron chi connectivity index (χ2n) is 13.6. The van der Waals surface area contributed by atoms with E-state index in [2.05, 4.69) is 60.3 Å². The number of carboxylic acid groups (broad SMARTS) is 1. The van der Waals surface area contributed by atoms with Gasteiger partial charge in [0, 0.05) is 65.1 Å². The summed E-state index contributed by atoms with van der Waals surface area (Å²) in [5, 5.41) is 11.8. The van der Waals surface area contributed by atoms with Crippen molar-refractivity contribution >= 4 is 43.7 Å². The number of halogens is 2. The summed E-state index contributed by atoms with van der Waals surface area (Å²) < 4.78 is 13.1. The smallest absolute Gasteiger partial charge is 0.335 e. The fourth-order valence-corrected chi connectivity index (χ4v) is 7.24. The van der Waals surface area contributed by atoms with Crippen molar-refractivity contribution < 1.29 is 24.2 Å². The van der Waals surface area contributed by atoms with E-state index in [4.69, 9.17) is 20.3 Å². The van der Waals surface area contributed by atoms with E-state index in [1.807, 2.05) is 59.7 Å². The monoisotopic (exact) mass is 850 g/mol. The largest absolute Gasteiger partial charge is 0.482 e. The highest BCUT2D eigenvalue weighted by molar-refractivity contribution is 9.11. The number of ether oxygens (including phenoxy) is 2. The van der Waals surface area contributed by atoms with Crippen LogP contribution in [0.3, 0.4) is 0 Å². The molecule has 2 aromatic carbocycles. The lowest BCUT2D eigenvalue weighted by atomic mass is 9.98. The van der Waals surface area contributed by atoms with Gasteiger partial charge in [0.05, 0.1) is 14.5 Å². The van der Waals surface area contributed by atoms with Crippen LogP contribution < -0.4 is 31.6 Å². The molecule has 0 radical (unpaired) electrons. The van der Waals surface area contributed by atoms with Gasteiger partial charge in [0.1, 0.15) is 22.7 Å². The summed E-state index contributed by atoms with van der Waals surface area (Å²) in [6.45, 7) is 19.4. The van der Waals surface area contributed by atoms with Gasteiger partial charge in [0.2, 0.25) is 0 Å². The van der Waals surface area contributed by atoms with Crippen molar-refractivity contribution in [2.24, 2.45) is 5.73 Å². The molecular formula is C40H44Br2N4O7. The highest BCUT2D eigenvalue weighted by atomic mass is 79.9. The molecule has 2 unspecified atom stereocenters. The van der Waals surface area contributed by atoms with Crippen molar-refractivity contribution in [1.82, 2.24) is 15.3 Å². The molecule has 4 heterocycles. The Morgan fingerprint density at radius 3 is 1.66 bits per heavy atom. The third-order valence-electron chi connectivity index (χ3n) is 8.98. The lowest BCUT2D eigenvalue weighted by Gasteiger charge is -2.18. The molecule has 0 saturated heterocycles. The lowest BCUT2D eigenvalue weighted by Crippen LogP contribution is -2.28. The molecule has 0 bridgehead atoms. The molecule has 53 heavy (non-hydrogen) atoms. The Labute approximate surface area is 325 Å². The van der Waals surface area contributed by atoms with Crippen molar-refractivity contribution in [1.29, 1.82) is 0 Å². The summed E-state index contributed by atoms with van der Waals surface area (Å²) in [5.74, 6) is 0.290. The Bertz CT molecular complexity index is 2230. The molecule has 0 spiro atoms. The summed E-state index contributed by atoms with van der Waals surface area (Å²) in [6.07, 6.45) is 4.80. The first-order valence-corrected chi connectivity index (χ1v) is 18.3. The topological polar surface area (TPSA) is 177 Å². The zero-order valence-electron chi connectivity index (χ0n) is 30.6. The number of nitrogens with two attached hydrogens (primary N) is 1. The van der Waals surface area contributed by atoms with Crippen LogP contribution in [0.5, 0.6) is 11.5 Å². The Hall–Kier alpha value is -4.72. The summed E-state index contributed by atoms with van der Waals surface area (Å²) in [7, 11) is 0. The number of nitrogens with one attached hydrogen (secondary N) is 3. The fourth-order valence-electron chi connectivity index (χ4n) is 6.08. The number of fused-ring (bicyclic) bond motifs is 2. The molecule has 1 amide bonds. The summed E-state index contributed by atoms with van der Waals surface area (Å²) in [6, 6.07) is 10.6. The third kappa shape index (κ3) is 9.64. The van der Waals surface area contributed by atoms with Gasteiger partial charge >= 0.3 is 5.97 Å². The second-order valence-corrected chi connectivity index (χ2v) is 15.3. The molecule has 2 aliphatic rings. The number of carboxylic acids is 1. The van der Waals surface area contributed by atoms with Gasteiger partial charge in [-0.2, -0.15) is 0 Å². The van der Waals surface area contributed by atoms with Crippen molar-refractivity contribution in [3.63, 3.8) is 0 Å². The van der Waals surface area contributed by atoms with Gasteiger partial charge < -0.3 is 35.6 Å². The van der Waals surface area contributed by atoms with Crippen LogP contribution >= 0.6 is 31.9 Å². The number of hydrogen-bond acceptors (Lipinski definition) is 7. The highest BCUT2D eigenvalue weighted by Gasteiger charge is 2.35. The van der Waals surface area contributed by atoms with Crippen molar-refractivity contribution in [3.05, 3.63) is 147 Å². The maximum atomic E-state index is 12.6. The van der Waals surface area contributed by atoms with Crippen LogP contribution in [0.15, 0.2) is 80.2 Å². The Morgan fingerprint density at radius 2 is 1.25 bits per heavy atom. The molecule has 2 aromatic heterocycles. The molecule has 280 valence electrons. The van der Waals surface area contributed by atoms with Gasteiger partial charge in [-0.1, -0.05) is 13.2 Å². The molecule has 13 heteroatoms. The molecule has 4 aromatic rings. The number of aromatic carboxylic acids is 1. The number of benzene rings is 2. The quantitative estimate of drug-likeness (QED) is 0.123. The minimum absolute atomic E-state index is 0.0648. The van der Waals surface area contributed by atoms with Gasteiger partial charge in [-0.15, -0.1) is 0 Å². The summed E-state index contributed by atoms with van der Waals surface area (Å²) >= 11 is 6.80. The van der Waals surface area contributed by atoms with E-state index in [1.165, 1.54) is 0 Å². The van der Waals surface area contributed by atoms with Crippen LogP contribution in [-0.4, -0.2) is 38.2 Å². The first kappa shape index (κ1) is 41.0. The van der Waals surface area contributed by atoms with Gasteiger partial charge in [-0.05, 0) is 133 Å². The van der Waals surface area contributed by atoms with Gasteiger partial charge in [-0.25, -0.2) is 4.79 Å². The van der Waals surface area contributed by atoms with E-state index < -0.39 is 17.2 Å². The molecule has 0 aliphatic carbocycles. The number of pyridine rings is 2. The molecule has 2 atom stereocenters. The Morgan fingerprint density at radius 1 is 0.811 bits per heavy atom. The SMILES string of the molecule is C=CC1(C)Cc2cc(C(=O)NCc3c(C)cc(C)[nH]c3=O)cc(Br)c2O1.C=CC1(C)Cc2cc(C(=O)O)cc(Br)c2O1.Cc1cc(C)c(CN)c(=O)[nH]1. The van der Waals surface area contributed by atoms with E-state index in [9.17, 15) is 19.2 Å². The van der Waals surface area contributed by atoms with Crippen LogP contribution in [-0.2, 0) is 25.9 Å². The average molecular weight is 853 g/mol. The van der Waals surface area contributed by atoms with E-state index in [0.717, 1.165) is 43.9 Å². The number of carbonyl (C=O) groups excluding carboxylic acids is 1. The molecule has 2 aliphatic heterocycles. The Balaban J connectivity index is 0.000000197. The maximum Gasteiger partial charge on any atom is 0.335 e. The molecule has 0 saturated carbocycles.